The Morgan fingerprint density at radius 3 is 2.13 bits per heavy atom. The van der Waals surface area contributed by atoms with Gasteiger partial charge in [-0.05, 0) is 33.6 Å². The second kappa shape index (κ2) is 7.10. The molecule has 3 amide bonds. The van der Waals surface area contributed by atoms with Crippen LogP contribution in [0.2, 0.25) is 0 Å². The zero-order chi connectivity index (χ0) is 17.1. The summed E-state index contributed by atoms with van der Waals surface area (Å²) in [6.07, 6.45) is 2.32. The SMILES string of the molecule is CC(C)NC(=O)C(C)OC(=O)CN1C(=O)C2CCCCC2C1=O. The van der Waals surface area contributed by atoms with Crippen LogP contribution >= 0.6 is 0 Å². The molecule has 0 aromatic carbocycles. The molecule has 0 bridgehead atoms. The number of hydrogen-bond donors (Lipinski definition) is 1. The van der Waals surface area contributed by atoms with Crippen molar-refractivity contribution in [2.45, 2.75) is 58.6 Å². The number of carbonyl (C=O) groups is 4. The minimum absolute atomic E-state index is 0.0616. The van der Waals surface area contributed by atoms with E-state index in [9.17, 15) is 19.2 Å². The molecule has 7 nitrogen and oxygen atoms in total. The number of fused-ring (bicyclic) bond motifs is 1. The highest BCUT2D eigenvalue weighted by molar-refractivity contribution is 6.07. The number of imide groups is 1. The molecule has 1 heterocycles. The van der Waals surface area contributed by atoms with E-state index in [0.29, 0.717) is 12.8 Å². The van der Waals surface area contributed by atoms with E-state index in [0.717, 1.165) is 17.7 Å². The number of likely N-dealkylation sites (tertiary alicyclic amines) is 1. The summed E-state index contributed by atoms with van der Waals surface area (Å²) >= 11 is 0. The number of ether oxygens (including phenoxy) is 1. The van der Waals surface area contributed by atoms with E-state index in [-0.39, 0.29) is 29.7 Å². The smallest absolute Gasteiger partial charge is 0.326 e. The fourth-order valence-corrected chi connectivity index (χ4v) is 3.21. The van der Waals surface area contributed by atoms with E-state index in [1.807, 2.05) is 0 Å². The number of rotatable bonds is 5. The molecule has 3 unspecified atom stereocenters. The molecule has 1 N–H and O–H groups in total. The number of esters is 1. The highest BCUT2D eigenvalue weighted by Crippen LogP contribution is 2.37. The lowest BCUT2D eigenvalue weighted by molar-refractivity contribution is -0.159. The van der Waals surface area contributed by atoms with Crippen molar-refractivity contribution in [3.05, 3.63) is 0 Å². The summed E-state index contributed by atoms with van der Waals surface area (Å²) in [5.41, 5.74) is 0. The molecule has 0 aromatic rings. The van der Waals surface area contributed by atoms with Crippen molar-refractivity contribution < 1.29 is 23.9 Å². The Labute approximate surface area is 135 Å². The van der Waals surface area contributed by atoms with Crippen molar-refractivity contribution in [3.63, 3.8) is 0 Å². The quantitative estimate of drug-likeness (QED) is 0.591. The molecule has 7 heteroatoms. The van der Waals surface area contributed by atoms with Crippen molar-refractivity contribution in [1.29, 1.82) is 0 Å². The first-order valence-corrected chi connectivity index (χ1v) is 8.16. The number of hydrogen-bond acceptors (Lipinski definition) is 5. The number of nitrogens with zero attached hydrogens (tertiary/aromatic N) is 1. The van der Waals surface area contributed by atoms with Gasteiger partial charge in [-0.1, -0.05) is 12.8 Å². The Morgan fingerprint density at radius 2 is 1.65 bits per heavy atom. The molecule has 2 rings (SSSR count). The third-order valence-corrected chi connectivity index (χ3v) is 4.33. The van der Waals surface area contributed by atoms with Gasteiger partial charge in [0.1, 0.15) is 6.54 Å². The lowest BCUT2D eigenvalue weighted by atomic mass is 9.81. The van der Waals surface area contributed by atoms with Crippen molar-refractivity contribution in [1.82, 2.24) is 10.2 Å². The van der Waals surface area contributed by atoms with Crippen LogP contribution in [0, 0.1) is 11.8 Å². The van der Waals surface area contributed by atoms with Crippen molar-refractivity contribution in [3.8, 4) is 0 Å². The molecular weight excluding hydrogens is 300 g/mol. The van der Waals surface area contributed by atoms with Crippen molar-refractivity contribution >= 4 is 23.7 Å². The largest absolute Gasteiger partial charge is 0.451 e. The van der Waals surface area contributed by atoms with Gasteiger partial charge in [0.15, 0.2) is 6.10 Å². The second-order valence-corrected chi connectivity index (χ2v) is 6.56. The van der Waals surface area contributed by atoms with Crippen LogP contribution < -0.4 is 5.32 Å². The maximum Gasteiger partial charge on any atom is 0.326 e. The van der Waals surface area contributed by atoms with Gasteiger partial charge in [-0.25, -0.2) is 0 Å². The van der Waals surface area contributed by atoms with Crippen LogP contribution in [0.5, 0.6) is 0 Å². The van der Waals surface area contributed by atoms with E-state index in [1.54, 1.807) is 13.8 Å². The summed E-state index contributed by atoms with van der Waals surface area (Å²) in [6.45, 7) is 4.65. The van der Waals surface area contributed by atoms with Crippen LogP contribution in [-0.2, 0) is 23.9 Å². The summed E-state index contributed by atoms with van der Waals surface area (Å²) in [7, 11) is 0. The molecule has 3 atom stereocenters. The van der Waals surface area contributed by atoms with Crippen LogP contribution in [0.25, 0.3) is 0 Å². The van der Waals surface area contributed by atoms with E-state index in [1.165, 1.54) is 6.92 Å². The molecule has 0 aromatic heterocycles. The zero-order valence-electron chi connectivity index (χ0n) is 13.8. The van der Waals surface area contributed by atoms with Crippen molar-refractivity contribution in [2.24, 2.45) is 11.8 Å². The number of nitrogens with one attached hydrogen (secondary N) is 1. The molecule has 2 fully saturated rings. The first-order valence-electron chi connectivity index (χ1n) is 8.16. The molecule has 0 radical (unpaired) electrons. The molecular formula is C16H24N2O5. The van der Waals surface area contributed by atoms with Gasteiger partial charge < -0.3 is 10.1 Å². The lowest BCUT2D eigenvalue weighted by Crippen LogP contribution is -2.42. The van der Waals surface area contributed by atoms with E-state index < -0.39 is 24.5 Å². The fraction of sp³-hybridized carbons (Fsp3) is 0.750. The van der Waals surface area contributed by atoms with Crippen molar-refractivity contribution in [2.75, 3.05) is 6.54 Å². The summed E-state index contributed by atoms with van der Waals surface area (Å²) in [5.74, 6) is -2.28. The zero-order valence-corrected chi connectivity index (χ0v) is 13.8. The third-order valence-electron chi connectivity index (χ3n) is 4.33. The van der Waals surface area contributed by atoms with Gasteiger partial charge in [0, 0.05) is 6.04 Å². The minimum Gasteiger partial charge on any atom is -0.451 e. The molecule has 1 aliphatic carbocycles. The van der Waals surface area contributed by atoms with Gasteiger partial charge >= 0.3 is 5.97 Å². The molecule has 23 heavy (non-hydrogen) atoms. The summed E-state index contributed by atoms with van der Waals surface area (Å²) < 4.78 is 5.03. The maximum absolute atomic E-state index is 12.3. The standard InChI is InChI=1S/C16H24N2O5/c1-9(2)17-14(20)10(3)23-13(19)8-18-15(21)11-6-4-5-7-12(11)16(18)22/h9-12H,4-8H2,1-3H3,(H,17,20). The normalized spacial score (nSPS) is 25.3. The van der Waals surface area contributed by atoms with Crippen LogP contribution in [0.15, 0.2) is 0 Å². The summed E-state index contributed by atoms with van der Waals surface area (Å²) in [5, 5.41) is 2.64. The van der Waals surface area contributed by atoms with Gasteiger partial charge in [0.2, 0.25) is 11.8 Å². The van der Waals surface area contributed by atoms with Gasteiger partial charge in [-0.3, -0.25) is 24.1 Å². The Morgan fingerprint density at radius 1 is 1.13 bits per heavy atom. The van der Waals surface area contributed by atoms with Gasteiger partial charge in [0.25, 0.3) is 5.91 Å². The number of carbonyl (C=O) groups excluding carboxylic acids is 4. The van der Waals surface area contributed by atoms with Crippen LogP contribution in [0.1, 0.15) is 46.5 Å². The molecule has 1 saturated carbocycles. The molecule has 1 aliphatic heterocycles. The second-order valence-electron chi connectivity index (χ2n) is 6.56. The van der Waals surface area contributed by atoms with E-state index >= 15 is 0 Å². The average Bonchev–Trinajstić information content (AvgIpc) is 2.72. The van der Waals surface area contributed by atoms with Crippen LogP contribution in [0.3, 0.4) is 0 Å². The lowest BCUT2D eigenvalue weighted by Gasteiger charge is -2.19. The first-order chi connectivity index (χ1) is 10.8. The Kier molecular flexibility index (Phi) is 5.38. The third kappa shape index (κ3) is 3.89. The minimum atomic E-state index is -0.958. The van der Waals surface area contributed by atoms with Gasteiger partial charge in [-0.2, -0.15) is 0 Å². The van der Waals surface area contributed by atoms with E-state index in [2.05, 4.69) is 5.32 Å². The number of amides is 3. The summed E-state index contributed by atoms with van der Waals surface area (Å²) in [6, 6.07) is -0.0616. The van der Waals surface area contributed by atoms with Crippen LogP contribution in [-0.4, -0.2) is 47.3 Å². The average molecular weight is 324 g/mol. The maximum atomic E-state index is 12.3. The highest BCUT2D eigenvalue weighted by atomic mass is 16.5. The monoisotopic (exact) mass is 324 g/mol. The predicted molar refractivity (Wildman–Crippen MR) is 81.0 cm³/mol. The van der Waals surface area contributed by atoms with Gasteiger partial charge in [0.05, 0.1) is 11.8 Å². The Balaban J connectivity index is 1.91. The van der Waals surface area contributed by atoms with Gasteiger partial charge in [-0.15, -0.1) is 0 Å². The molecule has 2 aliphatic rings. The topological polar surface area (TPSA) is 92.8 Å². The Hall–Kier alpha value is -1.92. The molecule has 128 valence electrons. The highest BCUT2D eigenvalue weighted by Gasteiger charge is 2.48. The predicted octanol–water partition coefficient (Wildman–Crippen LogP) is 0.618. The summed E-state index contributed by atoms with van der Waals surface area (Å²) in [4.78, 5) is 49.2. The molecule has 0 spiro atoms. The molecule has 1 saturated heterocycles. The fourth-order valence-electron chi connectivity index (χ4n) is 3.21. The Bertz CT molecular complexity index is 493. The van der Waals surface area contributed by atoms with Crippen LogP contribution in [0.4, 0.5) is 0 Å². The van der Waals surface area contributed by atoms with E-state index in [4.69, 9.17) is 4.74 Å². The first kappa shape index (κ1) is 17.4.